The molecule has 0 saturated carbocycles. The zero-order valence-corrected chi connectivity index (χ0v) is 11.8. The molecule has 0 atom stereocenters. The van der Waals surface area contributed by atoms with Crippen LogP contribution in [0.25, 0.3) is 5.69 Å². The lowest BCUT2D eigenvalue weighted by Gasteiger charge is -2.05. The molecule has 0 fully saturated rings. The summed E-state index contributed by atoms with van der Waals surface area (Å²) in [6.45, 7) is 2.36. The normalized spacial score (nSPS) is 10.7. The number of hydrogen-bond acceptors (Lipinski definition) is 5. The van der Waals surface area contributed by atoms with Gasteiger partial charge in [-0.3, -0.25) is 0 Å². The monoisotopic (exact) mass is 284 g/mol. The zero-order chi connectivity index (χ0) is 14.5. The molecule has 0 unspecified atom stereocenters. The van der Waals surface area contributed by atoms with Gasteiger partial charge in [-0.15, -0.1) is 0 Å². The van der Waals surface area contributed by atoms with Crippen molar-refractivity contribution in [2.75, 3.05) is 0 Å². The third-order valence-corrected chi connectivity index (χ3v) is 2.99. The average molecular weight is 284 g/mol. The Morgan fingerprint density at radius 1 is 1.24 bits per heavy atom. The lowest BCUT2D eigenvalue weighted by atomic mass is 10.3. The van der Waals surface area contributed by atoms with Crippen LogP contribution in [0, 0.1) is 0 Å². The summed E-state index contributed by atoms with van der Waals surface area (Å²) < 4.78 is 12.7. The predicted molar refractivity (Wildman–Crippen MR) is 76.2 cm³/mol. The first-order chi connectivity index (χ1) is 10.3. The molecule has 0 aliphatic heterocycles. The van der Waals surface area contributed by atoms with Gasteiger partial charge in [-0.1, -0.05) is 12.1 Å². The zero-order valence-electron chi connectivity index (χ0n) is 11.8. The van der Waals surface area contributed by atoms with E-state index in [1.165, 1.54) is 0 Å². The first kappa shape index (κ1) is 13.4. The Morgan fingerprint density at radius 2 is 2.10 bits per heavy atom. The van der Waals surface area contributed by atoms with Crippen LogP contribution in [-0.2, 0) is 13.0 Å². The number of rotatable bonds is 6. The molecule has 21 heavy (non-hydrogen) atoms. The molecular formula is C15H16N4O2. The van der Waals surface area contributed by atoms with Crippen LogP contribution in [0.2, 0.25) is 0 Å². The highest BCUT2D eigenvalue weighted by molar-refractivity contribution is 5.37. The van der Waals surface area contributed by atoms with E-state index in [-0.39, 0.29) is 6.61 Å². The quantitative estimate of drug-likeness (QED) is 0.696. The van der Waals surface area contributed by atoms with Crippen molar-refractivity contribution in [3.05, 3.63) is 54.7 Å². The minimum Gasteiger partial charge on any atom is -0.484 e. The summed E-state index contributed by atoms with van der Waals surface area (Å²) in [5.41, 5.74) is 1.03. The molecule has 0 aliphatic carbocycles. The number of nitrogens with zero attached hydrogens (tertiary/aromatic N) is 4. The van der Waals surface area contributed by atoms with Gasteiger partial charge in [0.05, 0.1) is 6.33 Å². The maximum atomic E-state index is 5.63. The van der Waals surface area contributed by atoms with Crippen LogP contribution in [0.4, 0.5) is 0 Å². The highest BCUT2D eigenvalue weighted by atomic mass is 16.5. The molecule has 0 N–H and O–H groups in total. The Balaban J connectivity index is 1.60. The average Bonchev–Trinajstić information content (AvgIpc) is 3.18. The van der Waals surface area contributed by atoms with Crippen LogP contribution in [0.1, 0.15) is 25.1 Å². The number of aromatic nitrogens is 4. The van der Waals surface area contributed by atoms with Gasteiger partial charge < -0.3 is 13.8 Å². The Hall–Kier alpha value is -2.63. The number of aryl methyl sites for hydroxylation is 1. The summed E-state index contributed by atoms with van der Waals surface area (Å²) in [6, 6.07) is 7.73. The molecule has 6 nitrogen and oxygen atoms in total. The number of imidazole rings is 1. The van der Waals surface area contributed by atoms with E-state index in [0.717, 1.165) is 30.1 Å². The Bertz CT molecular complexity index is 674. The number of hydrogen-bond donors (Lipinski definition) is 0. The summed E-state index contributed by atoms with van der Waals surface area (Å²) in [6.07, 6.45) is 7.21. The van der Waals surface area contributed by atoms with E-state index in [2.05, 4.69) is 22.0 Å². The fourth-order valence-corrected chi connectivity index (χ4v) is 1.95. The summed E-state index contributed by atoms with van der Waals surface area (Å²) in [5, 5.41) is 3.89. The largest absolute Gasteiger partial charge is 0.484 e. The van der Waals surface area contributed by atoms with Crippen LogP contribution in [-0.4, -0.2) is 19.7 Å². The summed E-state index contributed by atoms with van der Waals surface area (Å²) >= 11 is 0. The molecule has 0 bridgehead atoms. The standard InChI is InChI=1S/C15H16N4O2/c1-2-3-14-17-15(21-18-14)10-20-13-6-4-12(5-7-13)19-9-8-16-11-19/h4-9,11H,2-3,10H2,1H3. The highest BCUT2D eigenvalue weighted by Gasteiger charge is 2.06. The molecule has 6 heteroatoms. The van der Waals surface area contributed by atoms with Crippen LogP contribution >= 0.6 is 0 Å². The van der Waals surface area contributed by atoms with Crippen molar-refractivity contribution >= 4 is 0 Å². The molecule has 2 aromatic heterocycles. The maximum Gasteiger partial charge on any atom is 0.264 e. The van der Waals surface area contributed by atoms with E-state index in [4.69, 9.17) is 9.26 Å². The van der Waals surface area contributed by atoms with Crippen LogP contribution in [0.5, 0.6) is 5.75 Å². The molecule has 1 aromatic carbocycles. The maximum absolute atomic E-state index is 5.63. The molecule has 108 valence electrons. The van der Waals surface area contributed by atoms with Crippen molar-refractivity contribution in [2.45, 2.75) is 26.4 Å². The van der Waals surface area contributed by atoms with Gasteiger partial charge in [-0.05, 0) is 30.7 Å². The Labute approximate surface area is 122 Å². The van der Waals surface area contributed by atoms with Crippen LogP contribution in [0.3, 0.4) is 0 Å². The van der Waals surface area contributed by atoms with Gasteiger partial charge in [0, 0.05) is 24.5 Å². The van der Waals surface area contributed by atoms with Gasteiger partial charge in [0.2, 0.25) is 0 Å². The van der Waals surface area contributed by atoms with E-state index >= 15 is 0 Å². The third-order valence-electron chi connectivity index (χ3n) is 2.99. The number of benzene rings is 1. The van der Waals surface area contributed by atoms with Crippen LogP contribution in [0.15, 0.2) is 47.5 Å². The first-order valence-electron chi connectivity index (χ1n) is 6.88. The highest BCUT2D eigenvalue weighted by Crippen LogP contribution is 2.16. The molecule has 0 radical (unpaired) electrons. The number of ether oxygens (including phenoxy) is 1. The lowest BCUT2D eigenvalue weighted by molar-refractivity contribution is 0.242. The fourth-order valence-electron chi connectivity index (χ4n) is 1.95. The minimum absolute atomic E-state index is 0.279. The molecule has 0 saturated heterocycles. The van der Waals surface area contributed by atoms with E-state index in [1.54, 1.807) is 12.5 Å². The third kappa shape index (κ3) is 3.28. The molecule has 0 amide bonds. The van der Waals surface area contributed by atoms with Crippen molar-refractivity contribution in [3.63, 3.8) is 0 Å². The SMILES string of the molecule is CCCc1noc(COc2ccc(-n3ccnc3)cc2)n1. The molecule has 0 aliphatic rings. The second-order valence-corrected chi connectivity index (χ2v) is 4.61. The summed E-state index contributed by atoms with van der Waals surface area (Å²) in [5.74, 6) is 1.98. The smallest absolute Gasteiger partial charge is 0.264 e. The van der Waals surface area contributed by atoms with E-state index in [9.17, 15) is 0 Å². The van der Waals surface area contributed by atoms with Crippen molar-refractivity contribution in [3.8, 4) is 11.4 Å². The molecule has 3 rings (SSSR count). The van der Waals surface area contributed by atoms with E-state index in [1.807, 2.05) is 35.0 Å². The van der Waals surface area contributed by atoms with E-state index in [0.29, 0.717) is 5.89 Å². The van der Waals surface area contributed by atoms with Gasteiger partial charge in [-0.25, -0.2) is 4.98 Å². The van der Waals surface area contributed by atoms with Crippen LogP contribution < -0.4 is 4.74 Å². The molecule has 2 heterocycles. The molecular weight excluding hydrogens is 268 g/mol. The van der Waals surface area contributed by atoms with Gasteiger partial charge >= 0.3 is 0 Å². The first-order valence-corrected chi connectivity index (χ1v) is 6.88. The predicted octanol–water partition coefficient (Wildman–Crippen LogP) is 2.79. The van der Waals surface area contributed by atoms with Gasteiger partial charge in [0.25, 0.3) is 5.89 Å². The lowest BCUT2D eigenvalue weighted by Crippen LogP contribution is -1.97. The topological polar surface area (TPSA) is 66.0 Å². The van der Waals surface area contributed by atoms with E-state index < -0.39 is 0 Å². The van der Waals surface area contributed by atoms with Crippen molar-refractivity contribution in [1.29, 1.82) is 0 Å². The second kappa shape index (κ2) is 6.21. The summed E-state index contributed by atoms with van der Waals surface area (Å²) in [7, 11) is 0. The molecule has 0 spiro atoms. The second-order valence-electron chi connectivity index (χ2n) is 4.61. The molecule has 3 aromatic rings. The van der Waals surface area contributed by atoms with Gasteiger partial charge in [-0.2, -0.15) is 4.98 Å². The van der Waals surface area contributed by atoms with Crippen molar-refractivity contribution in [1.82, 2.24) is 19.7 Å². The Kier molecular flexibility index (Phi) is 3.95. The van der Waals surface area contributed by atoms with Gasteiger partial charge in [0.15, 0.2) is 12.4 Å². The van der Waals surface area contributed by atoms with Crippen molar-refractivity contribution in [2.24, 2.45) is 0 Å². The fraction of sp³-hybridized carbons (Fsp3) is 0.267. The minimum atomic E-state index is 0.279. The van der Waals surface area contributed by atoms with Crippen molar-refractivity contribution < 1.29 is 9.26 Å². The summed E-state index contributed by atoms with van der Waals surface area (Å²) in [4.78, 5) is 8.28. The Morgan fingerprint density at radius 3 is 2.81 bits per heavy atom. The van der Waals surface area contributed by atoms with Gasteiger partial charge in [0.1, 0.15) is 5.75 Å².